The molecule has 0 aromatic carbocycles. The van der Waals surface area contributed by atoms with E-state index in [0.717, 1.165) is 18.9 Å². The molecular weight excluding hydrogens is 220 g/mol. The van der Waals surface area contributed by atoms with Gasteiger partial charge in [0, 0.05) is 25.8 Å². The van der Waals surface area contributed by atoms with Crippen LogP contribution in [0.1, 0.15) is 29.8 Å². The minimum absolute atomic E-state index is 0.184. The second-order valence-corrected chi connectivity index (χ2v) is 4.33. The van der Waals surface area contributed by atoms with E-state index >= 15 is 0 Å². The maximum atomic E-state index is 11.5. The normalized spacial score (nSPS) is 14.8. The van der Waals surface area contributed by atoms with Gasteiger partial charge in [-0.2, -0.15) is 5.10 Å². The summed E-state index contributed by atoms with van der Waals surface area (Å²) in [4.78, 5) is 11.5. The van der Waals surface area contributed by atoms with Crippen LogP contribution in [0.5, 0.6) is 0 Å². The van der Waals surface area contributed by atoms with Crippen LogP contribution in [0.15, 0.2) is 6.07 Å². The fourth-order valence-corrected chi connectivity index (χ4v) is 1.46. The molecule has 0 aliphatic heterocycles. The number of carbonyl (C=O) groups excluding carboxylic acids is 1. The molecule has 1 saturated carbocycles. The molecule has 0 unspecified atom stereocenters. The first-order valence-corrected chi connectivity index (χ1v) is 5.92. The summed E-state index contributed by atoms with van der Waals surface area (Å²) in [6.45, 7) is 2.16. The summed E-state index contributed by atoms with van der Waals surface area (Å²) in [5, 5.41) is 9.02. The van der Waals surface area contributed by atoms with E-state index in [4.69, 9.17) is 10.5 Å². The molecule has 1 aliphatic rings. The van der Waals surface area contributed by atoms with Gasteiger partial charge in [0.25, 0.3) is 5.91 Å². The number of aromatic nitrogens is 2. The molecule has 0 saturated heterocycles. The average molecular weight is 238 g/mol. The van der Waals surface area contributed by atoms with Crippen LogP contribution in [0.4, 0.5) is 5.82 Å². The SMILES string of the molecule is Nc1cc(C(=O)NCCCOCC2CC2)[nH]n1. The van der Waals surface area contributed by atoms with Gasteiger partial charge in [0.15, 0.2) is 0 Å². The van der Waals surface area contributed by atoms with Gasteiger partial charge in [0.05, 0.1) is 0 Å². The zero-order chi connectivity index (χ0) is 12.1. The second kappa shape index (κ2) is 5.67. The maximum Gasteiger partial charge on any atom is 0.269 e. The quantitative estimate of drug-likeness (QED) is 0.604. The third kappa shape index (κ3) is 4.07. The lowest BCUT2D eigenvalue weighted by Gasteiger charge is -2.04. The predicted molar refractivity (Wildman–Crippen MR) is 63.5 cm³/mol. The van der Waals surface area contributed by atoms with Crippen molar-refractivity contribution in [3.63, 3.8) is 0 Å². The van der Waals surface area contributed by atoms with Gasteiger partial charge in [0.1, 0.15) is 11.5 Å². The Hall–Kier alpha value is -1.56. The minimum Gasteiger partial charge on any atom is -0.382 e. The maximum absolute atomic E-state index is 11.5. The Labute approximate surface area is 99.9 Å². The number of nitrogens with zero attached hydrogens (tertiary/aromatic N) is 1. The van der Waals surface area contributed by atoms with Gasteiger partial charge in [-0.25, -0.2) is 0 Å². The Morgan fingerprint density at radius 1 is 1.65 bits per heavy atom. The number of nitrogen functional groups attached to an aromatic ring is 1. The number of anilines is 1. The minimum atomic E-state index is -0.184. The molecule has 6 heteroatoms. The smallest absolute Gasteiger partial charge is 0.269 e. The Bertz CT molecular complexity index is 373. The van der Waals surface area contributed by atoms with Crippen LogP contribution in [0.2, 0.25) is 0 Å². The van der Waals surface area contributed by atoms with Crippen molar-refractivity contribution in [3.8, 4) is 0 Å². The Morgan fingerprint density at radius 2 is 2.47 bits per heavy atom. The van der Waals surface area contributed by atoms with Crippen LogP contribution in [0.3, 0.4) is 0 Å². The van der Waals surface area contributed by atoms with Crippen molar-refractivity contribution < 1.29 is 9.53 Å². The summed E-state index contributed by atoms with van der Waals surface area (Å²) >= 11 is 0. The number of ether oxygens (including phenoxy) is 1. The number of nitrogens with two attached hydrogens (primary N) is 1. The van der Waals surface area contributed by atoms with Gasteiger partial charge < -0.3 is 15.8 Å². The molecule has 1 heterocycles. The molecule has 2 rings (SSSR count). The van der Waals surface area contributed by atoms with Crippen molar-refractivity contribution in [2.75, 3.05) is 25.5 Å². The lowest BCUT2D eigenvalue weighted by atomic mass is 10.3. The molecule has 0 radical (unpaired) electrons. The first kappa shape index (κ1) is 11.9. The van der Waals surface area contributed by atoms with Crippen molar-refractivity contribution in [1.29, 1.82) is 0 Å². The zero-order valence-electron chi connectivity index (χ0n) is 9.74. The zero-order valence-corrected chi connectivity index (χ0v) is 9.74. The third-order valence-electron chi connectivity index (χ3n) is 2.64. The highest BCUT2D eigenvalue weighted by molar-refractivity contribution is 5.92. The number of H-pyrrole nitrogens is 1. The van der Waals surface area contributed by atoms with E-state index in [9.17, 15) is 4.79 Å². The summed E-state index contributed by atoms with van der Waals surface area (Å²) in [6, 6.07) is 1.51. The van der Waals surface area contributed by atoms with Gasteiger partial charge in [-0.3, -0.25) is 9.89 Å². The number of hydrogen-bond acceptors (Lipinski definition) is 4. The first-order chi connectivity index (χ1) is 8.25. The van der Waals surface area contributed by atoms with Gasteiger partial charge in [-0.05, 0) is 25.2 Å². The van der Waals surface area contributed by atoms with E-state index < -0.39 is 0 Å². The number of nitrogens with one attached hydrogen (secondary N) is 2. The molecule has 17 heavy (non-hydrogen) atoms. The van der Waals surface area contributed by atoms with E-state index in [-0.39, 0.29) is 5.91 Å². The average Bonchev–Trinajstić information content (AvgIpc) is 3.04. The van der Waals surface area contributed by atoms with Crippen molar-refractivity contribution in [3.05, 3.63) is 11.8 Å². The molecule has 0 atom stereocenters. The van der Waals surface area contributed by atoms with Crippen LogP contribution < -0.4 is 11.1 Å². The Morgan fingerprint density at radius 3 is 3.12 bits per heavy atom. The van der Waals surface area contributed by atoms with Crippen molar-refractivity contribution in [2.45, 2.75) is 19.3 Å². The summed E-state index contributed by atoms with van der Waals surface area (Å²) in [5.74, 6) is 0.928. The Kier molecular flexibility index (Phi) is 3.98. The topological polar surface area (TPSA) is 93.0 Å². The van der Waals surface area contributed by atoms with Crippen molar-refractivity contribution in [1.82, 2.24) is 15.5 Å². The third-order valence-corrected chi connectivity index (χ3v) is 2.64. The predicted octanol–water partition coefficient (Wildman–Crippen LogP) is 0.538. The van der Waals surface area contributed by atoms with E-state index in [2.05, 4.69) is 15.5 Å². The van der Waals surface area contributed by atoms with Crippen LogP contribution in [-0.2, 0) is 4.74 Å². The largest absolute Gasteiger partial charge is 0.382 e. The molecule has 1 aliphatic carbocycles. The van der Waals surface area contributed by atoms with Gasteiger partial charge in [0.2, 0.25) is 0 Å². The van der Waals surface area contributed by atoms with Crippen LogP contribution in [0.25, 0.3) is 0 Å². The summed E-state index contributed by atoms with van der Waals surface area (Å²) in [7, 11) is 0. The molecule has 4 N–H and O–H groups in total. The lowest BCUT2D eigenvalue weighted by molar-refractivity contribution is 0.0932. The summed E-state index contributed by atoms with van der Waals surface area (Å²) in [5.41, 5.74) is 5.79. The standard InChI is InChI=1S/C11H18N4O2/c12-10-6-9(14-15-10)11(16)13-4-1-5-17-7-8-2-3-8/h6,8H,1-5,7H2,(H,13,16)(H3,12,14,15). The van der Waals surface area contributed by atoms with Crippen molar-refractivity contribution in [2.24, 2.45) is 5.92 Å². The van der Waals surface area contributed by atoms with Gasteiger partial charge in [-0.15, -0.1) is 0 Å². The van der Waals surface area contributed by atoms with Gasteiger partial charge in [-0.1, -0.05) is 0 Å². The van der Waals surface area contributed by atoms with Crippen LogP contribution in [0, 0.1) is 5.92 Å². The Balaban J connectivity index is 1.53. The highest BCUT2D eigenvalue weighted by atomic mass is 16.5. The van der Waals surface area contributed by atoms with E-state index in [1.165, 1.54) is 18.9 Å². The molecule has 1 amide bonds. The highest BCUT2D eigenvalue weighted by Gasteiger charge is 2.20. The number of carbonyl (C=O) groups is 1. The lowest BCUT2D eigenvalue weighted by Crippen LogP contribution is -2.25. The van der Waals surface area contributed by atoms with Crippen LogP contribution in [-0.4, -0.2) is 35.9 Å². The fraction of sp³-hybridized carbons (Fsp3) is 0.636. The molecule has 0 spiro atoms. The summed E-state index contributed by atoms with van der Waals surface area (Å²) in [6.07, 6.45) is 3.43. The van der Waals surface area contributed by atoms with Crippen LogP contribution >= 0.6 is 0 Å². The molecule has 0 bridgehead atoms. The first-order valence-electron chi connectivity index (χ1n) is 5.92. The summed E-state index contributed by atoms with van der Waals surface area (Å²) < 4.78 is 5.46. The van der Waals surface area contributed by atoms with E-state index in [0.29, 0.717) is 24.7 Å². The molecular formula is C11H18N4O2. The monoisotopic (exact) mass is 238 g/mol. The molecule has 1 fully saturated rings. The molecule has 1 aromatic rings. The fourth-order valence-electron chi connectivity index (χ4n) is 1.46. The van der Waals surface area contributed by atoms with Gasteiger partial charge >= 0.3 is 0 Å². The number of hydrogen-bond donors (Lipinski definition) is 3. The molecule has 94 valence electrons. The highest BCUT2D eigenvalue weighted by Crippen LogP contribution is 2.28. The molecule has 6 nitrogen and oxygen atoms in total. The number of aromatic amines is 1. The number of amides is 1. The van der Waals surface area contributed by atoms with Crippen molar-refractivity contribution >= 4 is 11.7 Å². The second-order valence-electron chi connectivity index (χ2n) is 4.33. The number of rotatable bonds is 7. The molecule has 1 aromatic heterocycles. The van der Waals surface area contributed by atoms with E-state index in [1.54, 1.807) is 0 Å². The van der Waals surface area contributed by atoms with E-state index in [1.807, 2.05) is 0 Å².